The lowest BCUT2D eigenvalue weighted by atomic mass is 10.2. The molecule has 1 amide bonds. The molecule has 26 heavy (non-hydrogen) atoms. The molecular formula is C19H19ClN4O2. The number of hydrogen-bond donors (Lipinski definition) is 0. The maximum absolute atomic E-state index is 13.1. The quantitative estimate of drug-likeness (QED) is 0.712. The molecule has 1 aliphatic heterocycles. The normalized spacial score (nSPS) is 14.6. The lowest BCUT2D eigenvalue weighted by Crippen LogP contribution is -2.41. The van der Waals surface area contributed by atoms with Crippen LogP contribution in [-0.2, 0) is 11.8 Å². The van der Waals surface area contributed by atoms with E-state index < -0.39 is 0 Å². The molecule has 3 heterocycles. The molecule has 1 fully saturated rings. The van der Waals surface area contributed by atoms with Crippen molar-refractivity contribution in [3.63, 3.8) is 0 Å². The summed E-state index contributed by atoms with van der Waals surface area (Å²) in [5.41, 5.74) is 2.85. The Morgan fingerprint density at radius 1 is 1.15 bits per heavy atom. The minimum absolute atomic E-state index is 0.0684. The number of carbonyl (C=O) groups is 1. The van der Waals surface area contributed by atoms with Gasteiger partial charge in [-0.1, -0.05) is 23.7 Å². The van der Waals surface area contributed by atoms with Crippen molar-refractivity contribution in [1.29, 1.82) is 0 Å². The van der Waals surface area contributed by atoms with Gasteiger partial charge in [-0.2, -0.15) is 5.10 Å². The number of benzene rings is 1. The number of halogens is 1. The second-order valence-corrected chi connectivity index (χ2v) is 6.59. The topological polar surface area (TPSA) is 52.3 Å². The van der Waals surface area contributed by atoms with Crippen LogP contribution in [0.4, 0.5) is 0 Å². The van der Waals surface area contributed by atoms with Gasteiger partial charge in [-0.25, -0.2) is 4.68 Å². The number of nitrogens with zero attached hydrogens (tertiary/aromatic N) is 4. The molecule has 1 aliphatic rings. The number of aryl methyl sites for hydroxylation is 1. The van der Waals surface area contributed by atoms with Crippen molar-refractivity contribution in [2.45, 2.75) is 0 Å². The van der Waals surface area contributed by atoms with Gasteiger partial charge in [0.2, 0.25) is 0 Å². The number of carbonyl (C=O) groups excluding carboxylic acids is 1. The molecule has 0 bridgehead atoms. The van der Waals surface area contributed by atoms with E-state index in [1.165, 1.54) is 0 Å². The van der Waals surface area contributed by atoms with Gasteiger partial charge < -0.3 is 14.2 Å². The Labute approximate surface area is 156 Å². The van der Waals surface area contributed by atoms with Crippen LogP contribution in [0.3, 0.4) is 0 Å². The Kier molecular flexibility index (Phi) is 4.53. The molecule has 1 saturated heterocycles. The fourth-order valence-electron chi connectivity index (χ4n) is 3.12. The fraction of sp³-hybridized carbons (Fsp3) is 0.263. The van der Waals surface area contributed by atoms with E-state index in [0.717, 1.165) is 11.4 Å². The smallest absolute Gasteiger partial charge is 0.272 e. The summed E-state index contributed by atoms with van der Waals surface area (Å²) in [5, 5.41) is 5.24. The summed E-state index contributed by atoms with van der Waals surface area (Å²) < 4.78 is 8.97. The van der Waals surface area contributed by atoms with Crippen LogP contribution >= 0.6 is 11.6 Å². The van der Waals surface area contributed by atoms with Crippen LogP contribution in [0, 0.1) is 0 Å². The van der Waals surface area contributed by atoms with Gasteiger partial charge in [0.05, 0.1) is 29.6 Å². The van der Waals surface area contributed by atoms with Crippen LogP contribution < -0.4 is 0 Å². The Balaban J connectivity index is 1.83. The SMILES string of the molecule is Cn1cccc1-c1cc(C(=O)N2CCOCC2)n(-c2ccccc2Cl)n1. The van der Waals surface area contributed by atoms with E-state index in [-0.39, 0.29) is 5.91 Å². The molecule has 0 spiro atoms. The Bertz CT molecular complexity index is 941. The van der Waals surface area contributed by atoms with Gasteiger partial charge in [-0.05, 0) is 30.3 Å². The lowest BCUT2D eigenvalue weighted by molar-refractivity contribution is 0.0297. The molecule has 7 heteroatoms. The highest BCUT2D eigenvalue weighted by molar-refractivity contribution is 6.32. The highest BCUT2D eigenvalue weighted by atomic mass is 35.5. The van der Waals surface area contributed by atoms with Crippen LogP contribution in [0.1, 0.15) is 10.5 Å². The monoisotopic (exact) mass is 370 g/mol. The molecule has 0 saturated carbocycles. The molecular weight excluding hydrogens is 352 g/mol. The van der Waals surface area contributed by atoms with Crippen LogP contribution in [0.5, 0.6) is 0 Å². The van der Waals surface area contributed by atoms with Crippen molar-refractivity contribution >= 4 is 17.5 Å². The number of rotatable bonds is 3. The van der Waals surface area contributed by atoms with Crippen LogP contribution in [0.2, 0.25) is 5.02 Å². The fourth-order valence-corrected chi connectivity index (χ4v) is 3.34. The minimum atomic E-state index is -0.0684. The molecule has 0 N–H and O–H groups in total. The Morgan fingerprint density at radius 3 is 2.62 bits per heavy atom. The molecule has 3 aromatic rings. The number of morpholine rings is 1. The molecule has 134 valence electrons. The van der Waals surface area contributed by atoms with E-state index in [1.54, 1.807) is 15.6 Å². The summed E-state index contributed by atoms with van der Waals surface area (Å²) in [5.74, 6) is -0.0684. The predicted octanol–water partition coefficient (Wildman–Crippen LogP) is 3.00. The van der Waals surface area contributed by atoms with Gasteiger partial charge in [0.15, 0.2) is 0 Å². The maximum Gasteiger partial charge on any atom is 0.272 e. The summed E-state index contributed by atoms with van der Waals surface area (Å²) in [6.45, 7) is 2.26. The van der Waals surface area contributed by atoms with E-state index in [9.17, 15) is 4.79 Å². The van der Waals surface area contributed by atoms with Crippen LogP contribution in [-0.4, -0.2) is 51.5 Å². The average molecular weight is 371 g/mol. The zero-order chi connectivity index (χ0) is 18.1. The zero-order valence-electron chi connectivity index (χ0n) is 14.4. The first-order valence-electron chi connectivity index (χ1n) is 8.49. The molecule has 1 aromatic carbocycles. The number of amides is 1. The van der Waals surface area contributed by atoms with Crippen molar-refractivity contribution in [3.05, 3.63) is 59.4 Å². The second kappa shape index (κ2) is 6.97. The molecule has 0 unspecified atom stereocenters. The van der Waals surface area contributed by atoms with E-state index in [1.807, 2.05) is 54.2 Å². The van der Waals surface area contributed by atoms with Gasteiger partial charge in [-0.3, -0.25) is 4.79 Å². The highest BCUT2D eigenvalue weighted by Gasteiger charge is 2.25. The molecule has 0 atom stereocenters. The van der Waals surface area contributed by atoms with E-state index in [4.69, 9.17) is 21.4 Å². The minimum Gasteiger partial charge on any atom is -0.378 e. The summed E-state index contributed by atoms with van der Waals surface area (Å²) in [6, 6.07) is 13.2. The number of hydrogen-bond acceptors (Lipinski definition) is 3. The Morgan fingerprint density at radius 2 is 1.92 bits per heavy atom. The molecule has 0 aliphatic carbocycles. The molecule has 0 radical (unpaired) electrons. The number of ether oxygens (including phenoxy) is 1. The second-order valence-electron chi connectivity index (χ2n) is 6.19. The standard InChI is InChI=1S/C19H19ClN4O2/c1-22-8-4-7-17(22)15-13-18(19(25)23-9-11-26-12-10-23)24(21-15)16-6-3-2-5-14(16)20/h2-8,13H,9-12H2,1H3. The summed E-state index contributed by atoms with van der Waals surface area (Å²) >= 11 is 6.38. The van der Waals surface area contributed by atoms with Crippen molar-refractivity contribution in [2.24, 2.45) is 7.05 Å². The van der Waals surface area contributed by atoms with E-state index in [2.05, 4.69) is 0 Å². The van der Waals surface area contributed by atoms with Crippen molar-refractivity contribution in [1.82, 2.24) is 19.2 Å². The highest BCUT2D eigenvalue weighted by Crippen LogP contribution is 2.26. The maximum atomic E-state index is 13.1. The zero-order valence-corrected chi connectivity index (χ0v) is 15.2. The van der Waals surface area contributed by atoms with Crippen molar-refractivity contribution in [2.75, 3.05) is 26.3 Å². The summed E-state index contributed by atoms with van der Waals surface area (Å²) in [6.07, 6.45) is 1.95. The predicted molar refractivity (Wildman–Crippen MR) is 99.7 cm³/mol. The number of para-hydroxylation sites is 1. The third kappa shape index (κ3) is 3.02. The third-order valence-corrected chi connectivity index (χ3v) is 4.83. The van der Waals surface area contributed by atoms with E-state index in [0.29, 0.717) is 42.7 Å². The third-order valence-electron chi connectivity index (χ3n) is 4.51. The first-order valence-corrected chi connectivity index (χ1v) is 8.86. The average Bonchev–Trinajstić information content (AvgIpc) is 3.28. The largest absolute Gasteiger partial charge is 0.378 e. The van der Waals surface area contributed by atoms with E-state index >= 15 is 0 Å². The molecule has 6 nitrogen and oxygen atoms in total. The Hall–Kier alpha value is -2.57. The van der Waals surface area contributed by atoms with Gasteiger partial charge in [0, 0.05) is 26.3 Å². The summed E-state index contributed by atoms with van der Waals surface area (Å²) in [4.78, 5) is 14.9. The van der Waals surface area contributed by atoms with Crippen molar-refractivity contribution < 1.29 is 9.53 Å². The van der Waals surface area contributed by atoms with Crippen molar-refractivity contribution in [3.8, 4) is 17.1 Å². The van der Waals surface area contributed by atoms with Gasteiger partial charge >= 0.3 is 0 Å². The summed E-state index contributed by atoms with van der Waals surface area (Å²) in [7, 11) is 1.95. The van der Waals surface area contributed by atoms with Gasteiger partial charge in [0.25, 0.3) is 5.91 Å². The first kappa shape index (κ1) is 16.9. The lowest BCUT2D eigenvalue weighted by Gasteiger charge is -2.26. The molecule has 2 aromatic heterocycles. The van der Waals surface area contributed by atoms with Crippen LogP contribution in [0.25, 0.3) is 17.1 Å². The van der Waals surface area contributed by atoms with Gasteiger partial charge in [-0.15, -0.1) is 0 Å². The van der Waals surface area contributed by atoms with Crippen LogP contribution in [0.15, 0.2) is 48.7 Å². The molecule has 4 rings (SSSR count). The number of aromatic nitrogens is 3. The van der Waals surface area contributed by atoms with Gasteiger partial charge in [0.1, 0.15) is 11.4 Å². The first-order chi connectivity index (χ1) is 12.6.